The fourth-order valence-corrected chi connectivity index (χ4v) is 5.46. The van der Waals surface area contributed by atoms with Crippen molar-refractivity contribution >= 4 is 11.8 Å². The Hall–Kier alpha value is -3.35. The molecule has 0 amide bonds. The minimum atomic E-state index is -0.335. The first-order valence-corrected chi connectivity index (χ1v) is 14.7. The summed E-state index contributed by atoms with van der Waals surface area (Å²) in [7, 11) is 0. The zero-order valence-corrected chi connectivity index (χ0v) is 23.7. The molecule has 3 atom stereocenters. The van der Waals surface area contributed by atoms with Crippen LogP contribution in [0.1, 0.15) is 22.3 Å². The van der Waals surface area contributed by atoms with E-state index in [1.807, 2.05) is 60.9 Å². The standard InChI is InChI=1S/C35H36O4S/c1-27-17-19-32(20-18-27)40-26-31-24-37-33(25-36-21-28-11-5-2-6-12-28)35(39-23-30-15-9-4-10-16-30)34(31)38-22-29-13-7-3-8-14-29/h2-20,24,33-35H,21-23,25-26H2,1H3/t33-,34-,35+/m1/s1. The third kappa shape index (κ3) is 8.33. The van der Waals surface area contributed by atoms with Crippen molar-refractivity contribution in [2.75, 3.05) is 12.4 Å². The maximum atomic E-state index is 6.64. The third-order valence-electron chi connectivity index (χ3n) is 6.80. The van der Waals surface area contributed by atoms with Gasteiger partial charge in [-0.15, -0.1) is 11.8 Å². The SMILES string of the molecule is Cc1ccc(SCC2=CO[C@H](COCc3ccccc3)[C@H](OCc3ccccc3)[C@@H]2OCc2ccccc2)cc1. The quantitative estimate of drug-likeness (QED) is 0.159. The van der Waals surface area contributed by atoms with Crippen LogP contribution in [0.2, 0.25) is 0 Å². The van der Waals surface area contributed by atoms with Crippen molar-refractivity contribution in [1.29, 1.82) is 0 Å². The number of hydrogen-bond acceptors (Lipinski definition) is 5. The van der Waals surface area contributed by atoms with E-state index in [2.05, 4.69) is 67.6 Å². The van der Waals surface area contributed by atoms with Crippen molar-refractivity contribution in [3.05, 3.63) is 149 Å². The maximum Gasteiger partial charge on any atom is 0.150 e. The number of aryl methyl sites for hydroxylation is 1. The summed E-state index contributed by atoms with van der Waals surface area (Å²) in [5.74, 6) is 0.741. The molecule has 0 aliphatic carbocycles. The summed E-state index contributed by atoms with van der Waals surface area (Å²) in [6, 6.07) is 39.3. The van der Waals surface area contributed by atoms with E-state index in [4.69, 9.17) is 18.9 Å². The van der Waals surface area contributed by atoms with Crippen molar-refractivity contribution in [2.45, 2.75) is 50.0 Å². The van der Waals surface area contributed by atoms with Gasteiger partial charge >= 0.3 is 0 Å². The topological polar surface area (TPSA) is 36.9 Å². The Morgan fingerprint density at radius 2 is 1.20 bits per heavy atom. The Labute approximate surface area is 241 Å². The van der Waals surface area contributed by atoms with Crippen LogP contribution in [0.25, 0.3) is 0 Å². The number of thioether (sulfide) groups is 1. The van der Waals surface area contributed by atoms with Crippen LogP contribution in [0.3, 0.4) is 0 Å². The van der Waals surface area contributed by atoms with Gasteiger partial charge < -0.3 is 18.9 Å². The van der Waals surface area contributed by atoms with E-state index in [0.29, 0.717) is 26.4 Å². The predicted molar refractivity (Wildman–Crippen MR) is 161 cm³/mol. The average molecular weight is 553 g/mol. The first-order valence-electron chi connectivity index (χ1n) is 13.7. The largest absolute Gasteiger partial charge is 0.493 e. The molecule has 0 unspecified atom stereocenters. The summed E-state index contributed by atoms with van der Waals surface area (Å²) < 4.78 is 25.7. The van der Waals surface area contributed by atoms with Crippen LogP contribution in [0.15, 0.2) is 132 Å². The number of ether oxygens (including phenoxy) is 4. The lowest BCUT2D eigenvalue weighted by Crippen LogP contribution is -2.48. The highest BCUT2D eigenvalue weighted by Gasteiger charge is 2.39. The lowest BCUT2D eigenvalue weighted by atomic mass is 9.99. The average Bonchev–Trinajstić information content (AvgIpc) is 3.01. The minimum absolute atomic E-state index is 0.277. The molecule has 1 heterocycles. The Morgan fingerprint density at radius 1 is 0.650 bits per heavy atom. The summed E-state index contributed by atoms with van der Waals surface area (Å²) in [6.45, 7) is 3.97. The van der Waals surface area contributed by atoms with Crippen molar-refractivity contribution in [1.82, 2.24) is 0 Å². The molecular formula is C35H36O4S. The molecule has 5 heteroatoms. The molecule has 0 bridgehead atoms. The third-order valence-corrected chi connectivity index (χ3v) is 7.89. The van der Waals surface area contributed by atoms with Crippen LogP contribution in [0.5, 0.6) is 0 Å². The summed E-state index contributed by atoms with van der Waals surface area (Å²) in [5, 5.41) is 0. The lowest BCUT2D eigenvalue weighted by molar-refractivity contribution is -0.151. The molecule has 5 rings (SSSR count). The van der Waals surface area contributed by atoms with Gasteiger partial charge in [0.25, 0.3) is 0 Å². The van der Waals surface area contributed by atoms with Gasteiger partial charge in [0.05, 0.1) is 32.7 Å². The van der Waals surface area contributed by atoms with Gasteiger partial charge in [0.1, 0.15) is 18.3 Å². The Bertz CT molecular complexity index is 1310. The Balaban J connectivity index is 1.34. The van der Waals surface area contributed by atoms with Gasteiger partial charge in [0.15, 0.2) is 0 Å². The Kier molecular flexibility index (Phi) is 10.5. The molecule has 0 N–H and O–H groups in total. The van der Waals surface area contributed by atoms with Gasteiger partial charge in [-0.25, -0.2) is 0 Å². The van der Waals surface area contributed by atoms with E-state index in [1.165, 1.54) is 10.5 Å². The lowest BCUT2D eigenvalue weighted by Gasteiger charge is -2.38. The number of rotatable bonds is 13. The fraction of sp³-hybridized carbons (Fsp3) is 0.257. The van der Waals surface area contributed by atoms with Crippen LogP contribution >= 0.6 is 11.8 Å². The molecule has 1 aliphatic heterocycles. The van der Waals surface area contributed by atoms with E-state index in [-0.39, 0.29) is 18.3 Å². The maximum absolute atomic E-state index is 6.64. The van der Waals surface area contributed by atoms with Gasteiger partial charge in [-0.1, -0.05) is 109 Å². The van der Waals surface area contributed by atoms with Crippen LogP contribution in [0.4, 0.5) is 0 Å². The normalized spacial score (nSPS) is 18.6. The van der Waals surface area contributed by atoms with Gasteiger partial charge in [-0.3, -0.25) is 0 Å². The zero-order valence-electron chi connectivity index (χ0n) is 22.9. The minimum Gasteiger partial charge on any atom is -0.493 e. The molecular weight excluding hydrogens is 516 g/mol. The first kappa shape index (κ1) is 28.2. The molecule has 0 fully saturated rings. The molecule has 4 aromatic rings. The van der Waals surface area contributed by atoms with Crippen LogP contribution in [0, 0.1) is 6.92 Å². The summed E-state index contributed by atoms with van der Waals surface area (Å²) >= 11 is 1.78. The van der Waals surface area contributed by atoms with Crippen LogP contribution < -0.4 is 0 Å². The van der Waals surface area contributed by atoms with Gasteiger partial charge in [0, 0.05) is 16.2 Å². The number of hydrogen-bond donors (Lipinski definition) is 0. The van der Waals surface area contributed by atoms with Crippen molar-refractivity contribution < 1.29 is 18.9 Å². The molecule has 40 heavy (non-hydrogen) atoms. The number of benzene rings is 4. The van der Waals surface area contributed by atoms with E-state index < -0.39 is 0 Å². The summed E-state index contributed by atoms with van der Waals surface area (Å²) in [4.78, 5) is 1.21. The van der Waals surface area contributed by atoms with E-state index in [9.17, 15) is 0 Å². The highest BCUT2D eigenvalue weighted by molar-refractivity contribution is 7.99. The second-order valence-corrected chi connectivity index (χ2v) is 11.0. The smallest absolute Gasteiger partial charge is 0.150 e. The predicted octanol–water partition coefficient (Wildman–Crippen LogP) is 7.76. The molecule has 0 radical (unpaired) electrons. The van der Waals surface area contributed by atoms with Crippen molar-refractivity contribution in [3.8, 4) is 0 Å². The van der Waals surface area contributed by atoms with Crippen LogP contribution in [-0.2, 0) is 38.8 Å². The van der Waals surface area contributed by atoms with Crippen molar-refractivity contribution in [2.24, 2.45) is 0 Å². The molecule has 0 spiro atoms. The molecule has 1 aliphatic rings. The molecule has 0 saturated heterocycles. The second-order valence-electron chi connectivity index (χ2n) is 9.95. The monoisotopic (exact) mass is 552 g/mol. The van der Waals surface area contributed by atoms with Gasteiger partial charge in [-0.2, -0.15) is 0 Å². The molecule has 0 saturated carbocycles. The van der Waals surface area contributed by atoms with Crippen LogP contribution in [-0.4, -0.2) is 30.7 Å². The van der Waals surface area contributed by atoms with Gasteiger partial charge in [0.2, 0.25) is 0 Å². The molecule has 4 nitrogen and oxygen atoms in total. The highest BCUT2D eigenvalue weighted by atomic mass is 32.2. The van der Waals surface area contributed by atoms with Gasteiger partial charge in [-0.05, 0) is 35.7 Å². The highest BCUT2D eigenvalue weighted by Crippen LogP contribution is 2.31. The second kappa shape index (κ2) is 14.9. The summed E-state index contributed by atoms with van der Waals surface area (Å²) in [5.41, 5.74) is 5.68. The zero-order chi connectivity index (χ0) is 27.4. The van der Waals surface area contributed by atoms with Crippen molar-refractivity contribution in [3.63, 3.8) is 0 Å². The fourth-order valence-electron chi connectivity index (χ4n) is 4.57. The molecule has 0 aromatic heterocycles. The van der Waals surface area contributed by atoms with E-state index >= 15 is 0 Å². The molecule has 4 aromatic carbocycles. The van der Waals surface area contributed by atoms with E-state index in [0.717, 1.165) is 28.0 Å². The molecule has 206 valence electrons. The first-order chi connectivity index (χ1) is 19.7. The van der Waals surface area contributed by atoms with E-state index in [1.54, 1.807) is 11.8 Å². The Morgan fingerprint density at radius 3 is 1.80 bits per heavy atom. The summed E-state index contributed by atoms with van der Waals surface area (Å²) in [6.07, 6.45) is 0.955.